The van der Waals surface area contributed by atoms with E-state index in [0.717, 1.165) is 23.5 Å². The second-order valence-electron chi connectivity index (χ2n) is 3.07. The maximum atomic E-state index is 5.92. The molecule has 2 N–H and O–H groups in total. The molecule has 4 nitrogen and oxygen atoms in total. The van der Waals surface area contributed by atoms with Crippen molar-refractivity contribution in [3.63, 3.8) is 0 Å². The first-order valence-corrected chi connectivity index (χ1v) is 4.57. The number of hydrogen-bond acceptors (Lipinski definition) is 3. The summed E-state index contributed by atoms with van der Waals surface area (Å²) in [5.41, 5.74) is 7.61. The van der Waals surface area contributed by atoms with Gasteiger partial charge in [-0.1, -0.05) is 6.92 Å². The van der Waals surface area contributed by atoms with Crippen LogP contribution in [0, 0.1) is 0 Å². The monoisotopic (exact) mass is 191 g/mol. The Kier molecular flexibility index (Phi) is 2.04. The minimum absolute atomic E-state index is 0.696. The first kappa shape index (κ1) is 8.87. The molecule has 0 spiro atoms. The maximum Gasteiger partial charge on any atom is 0.181 e. The second kappa shape index (κ2) is 3.21. The fourth-order valence-corrected chi connectivity index (χ4v) is 1.53. The van der Waals surface area contributed by atoms with Gasteiger partial charge in [0.25, 0.3) is 0 Å². The summed E-state index contributed by atoms with van der Waals surface area (Å²) in [7, 11) is 1.63. The predicted molar refractivity (Wildman–Crippen MR) is 55.5 cm³/mol. The molecule has 74 valence electrons. The Labute approximate surface area is 82.3 Å². The molecule has 0 amide bonds. The molecule has 0 saturated heterocycles. The van der Waals surface area contributed by atoms with E-state index < -0.39 is 0 Å². The molecule has 2 aromatic heterocycles. The van der Waals surface area contributed by atoms with E-state index in [4.69, 9.17) is 10.5 Å². The summed E-state index contributed by atoms with van der Waals surface area (Å²) in [5, 5.41) is 0. The third-order valence-corrected chi connectivity index (χ3v) is 2.28. The molecule has 0 aliphatic carbocycles. The smallest absolute Gasteiger partial charge is 0.181 e. The number of ether oxygens (including phenoxy) is 1. The van der Waals surface area contributed by atoms with Gasteiger partial charge >= 0.3 is 0 Å². The van der Waals surface area contributed by atoms with Gasteiger partial charge < -0.3 is 10.5 Å². The Morgan fingerprint density at radius 1 is 1.57 bits per heavy atom. The number of fused-ring (bicyclic) bond motifs is 1. The van der Waals surface area contributed by atoms with Crippen LogP contribution in [0.25, 0.3) is 5.65 Å². The van der Waals surface area contributed by atoms with Gasteiger partial charge in [-0.3, -0.25) is 4.40 Å². The molecule has 2 rings (SSSR count). The molecule has 0 unspecified atom stereocenters. The standard InChI is InChI=1S/C10H13N3O/c1-3-7-9(11)13-6-4-5-8(14-2)10(13)12-7/h4-6H,3,11H2,1-2H3. The maximum absolute atomic E-state index is 5.92. The summed E-state index contributed by atoms with van der Waals surface area (Å²) in [6.45, 7) is 2.03. The van der Waals surface area contributed by atoms with Crippen LogP contribution in [0.3, 0.4) is 0 Å². The molecule has 0 atom stereocenters. The molecule has 2 aromatic rings. The highest BCUT2D eigenvalue weighted by molar-refractivity contribution is 5.61. The molecule has 0 fully saturated rings. The number of nitrogens with zero attached hydrogens (tertiary/aromatic N) is 2. The van der Waals surface area contributed by atoms with Crippen molar-refractivity contribution in [1.29, 1.82) is 0 Å². The zero-order valence-electron chi connectivity index (χ0n) is 8.32. The summed E-state index contributed by atoms with van der Waals surface area (Å²) in [6.07, 6.45) is 2.72. The van der Waals surface area contributed by atoms with Crippen LogP contribution in [0.4, 0.5) is 5.82 Å². The Morgan fingerprint density at radius 2 is 2.36 bits per heavy atom. The van der Waals surface area contributed by atoms with E-state index in [1.807, 2.05) is 29.7 Å². The van der Waals surface area contributed by atoms with E-state index in [-0.39, 0.29) is 0 Å². The Bertz CT molecular complexity index is 462. The molecule has 0 radical (unpaired) electrons. The third-order valence-electron chi connectivity index (χ3n) is 2.28. The molecule has 0 aliphatic heterocycles. The van der Waals surface area contributed by atoms with Gasteiger partial charge in [-0.15, -0.1) is 0 Å². The van der Waals surface area contributed by atoms with E-state index in [1.165, 1.54) is 0 Å². The average Bonchev–Trinajstić information content (AvgIpc) is 2.55. The second-order valence-corrected chi connectivity index (χ2v) is 3.07. The summed E-state index contributed by atoms with van der Waals surface area (Å²) in [5.74, 6) is 1.44. The van der Waals surface area contributed by atoms with Gasteiger partial charge in [0.05, 0.1) is 12.8 Å². The van der Waals surface area contributed by atoms with Gasteiger partial charge in [-0.05, 0) is 18.6 Å². The molecule has 4 heteroatoms. The number of anilines is 1. The van der Waals surface area contributed by atoms with Gasteiger partial charge in [0, 0.05) is 6.20 Å². The van der Waals surface area contributed by atoms with Gasteiger partial charge in [0.2, 0.25) is 0 Å². The first-order valence-electron chi connectivity index (χ1n) is 4.57. The third kappa shape index (κ3) is 1.11. The molecular formula is C10H13N3O. The largest absolute Gasteiger partial charge is 0.493 e. The summed E-state index contributed by atoms with van der Waals surface area (Å²) in [6, 6.07) is 3.77. The Morgan fingerprint density at radius 3 is 3.00 bits per heavy atom. The molecule has 2 heterocycles. The van der Waals surface area contributed by atoms with Crippen LogP contribution < -0.4 is 10.5 Å². The van der Waals surface area contributed by atoms with E-state index in [0.29, 0.717) is 5.82 Å². The van der Waals surface area contributed by atoms with Crippen molar-refractivity contribution in [3.8, 4) is 5.75 Å². The summed E-state index contributed by atoms with van der Waals surface area (Å²) >= 11 is 0. The van der Waals surface area contributed by atoms with E-state index in [1.54, 1.807) is 7.11 Å². The molecule has 0 saturated carbocycles. The molecule has 0 bridgehead atoms. The topological polar surface area (TPSA) is 52.5 Å². The van der Waals surface area contributed by atoms with Gasteiger partial charge in [-0.2, -0.15) is 0 Å². The van der Waals surface area contributed by atoms with Crippen LogP contribution in [-0.4, -0.2) is 16.5 Å². The zero-order chi connectivity index (χ0) is 10.1. The molecule has 0 aromatic carbocycles. The molecular weight excluding hydrogens is 178 g/mol. The Hall–Kier alpha value is -1.71. The number of pyridine rings is 1. The number of imidazole rings is 1. The lowest BCUT2D eigenvalue weighted by Gasteiger charge is -2.01. The van der Waals surface area contributed by atoms with Crippen LogP contribution in [0.15, 0.2) is 18.3 Å². The van der Waals surface area contributed by atoms with Crippen LogP contribution in [0.5, 0.6) is 5.75 Å². The van der Waals surface area contributed by atoms with Crippen molar-refractivity contribution in [3.05, 3.63) is 24.0 Å². The molecule has 0 aliphatic rings. The lowest BCUT2D eigenvalue weighted by molar-refractivity contribution is 0.417. The van der Waals surface area contributed by atoms with Crippen LogP contribution in [-0.2, 0) is 6.42 Å². The van der Waals surface area contributed by atoms with E-state index in [2.05, 4.69) is 4.98 Å². The lowest BCUT2D eigenvalue weighted by atomic mass is 10.3. The fourth-order valence-electron chi connectivity index (χ4n) is 1.53. The van der Waals surface area contributed by atoms with Crippen molar-refractivity contribution in [1.82, 2.24) is 9.38 Å². The summed E-state index contributed by atoms with van der Waals surface area (Å²) in [4.78, 5) is 4.41. The van der Waals surface area contributed by atoms with Gasteiger partial charge in [-0.25, -0.2) is 4.98 Å². The number of aromatic nitrogens is 2. The highest BCUT2D eigenvalue weighted by Crippen LogP contribution is 2.23. The molecule has 14 heavy (non-hydrogen) atoms. The van der Waals surface area contributed by atoms with Crippen molar-refractivity contribution in [2.24, 2.45) is 0 Å². The zero-order valence-corrected chi connectivity index (χ0v) is 8.32. The first-order chi connectivity index (χ1) is 6.77. The number of methoxy groups -OCH3 is 1. The van der Waals surface area contributed by atoms with Gasteiger partial charge in [0.1, 0.15) is 5.82 Å². The lowest BCUT2D eigenvalue weighted by Crippen LogP contribution is -1.95. The highest BCUT2D eigenvalue weighted by Gasteiger charge is 2.10. The van der Waals surface area contributed by atoms with E-state index in [9.17, 15) is 0 Å². The fraction of sp³-hybridized carbons (Fsp3) is 0.300. The quantitative estimate of drug-likeness (QED) is 0.782. The number of hydrogen-bond donors (Lipinski definition) is 1. The number of nitrogens with two attached hydrogens (primary N) is 1. The van der Waals surface area contributed by atoms with Crippen molar-refractivity contribution in [2.75, 3.05) is 12.8 Å². The van der Waals surface area contributed by atoms with Crippen LogP contribution in [0.2, 0.25) is 0 Å². The number of rotatable bonds is 2. The predicted octanol–water partition coefficient (Wildman–Crippen LogP) is 1.49. The van der Waals surface area contributed by atoms with Crippen LogP contribution >= 0.6 is 0 Å². The van der Waals surface area contributed by atoms with Crippen LogP contribution in [0.1, 0.15) is 12.6 Å². The van der Waals surface area contributed by atoms with Gasteiger partial charge in [0.15, 0.2) is 11.4 Å². The number of nitrogen functional groups attached to an aromatic ring is 1. The Balaban J connectivity index is 2.77. The summed E-state index contributed by atoms with van der Waals surface area (Å²) < 4.78 is 7.05. The minimum atomic E-state index is 0.696. The van der Waals surface area contributed by atoms with Crippen molar-refractivity contribution < 1.29 is 4.74 Å². The van der Waals surface area contributed by atoms with Crippen molar-refractivity contribution in [2.45, 2.75) is 13.3 Å². The number of aryl methyl sites for hydroxylation is 1. The normalized spacial score (nSPS) is 10.7. The highest BCUT2D eigenvalue weighted by atomic mass is 16.5. The minimum Gasteiger partial charge on any atom is -0.493 e. The average molecular weight is 191 g/mol. The van der Waals surface area contributed by atoms with Crippen molar-refractivity contribution >= 4 is 11.5 Å². The van der Waals surface area contributed by atoms with E-state index >= 15 is 0 Å². The SMILES string of the molecule is CCc1nc2c(OC)cccn2c1N.